The fourth-order valence-electron chi connectivity index (χ4n) is 4.04. The summed E-state index contributed by atoms with van der Waals surface area (Å²) in [5.41, 5.74) is 10.6. The molecule has 25 heavy (non-hydrogen) atoms. The highest BCUT2D eigenvalue weighted by Crippen LogP contribution is 2.38. The van der Waals surface area contributed by atoms with Gasteiger partial charge in [-0.2, -0.15) is 0 Å². The van der Waals surface area contributed by atoms with Gasteiger partial charge in [-0.25, -0.2) is 4.79 Å². The molecule has 0 aliphatic carbocycles. The number of hydrogen-bond acceptors (Lipinski definition) is 4. The summed E-state index contributed by atoms with van der Waals surface area (Å²) in [5.74, 6) is 0. The minimum atomic E-state index is -0.702. The Bertz CT molecular complexity index is 777. The summed E-state index contributed by atoms with van der Waals surface area (Å²) >= 11 is 0. The summed E-state index contributed by atoms with van der Waals surface area (Å²) < 4.78 is 4.91. The van der Waals surface area contributed by atoms with Gasteiger partial charge in [-0.05, 0) is 29.2 Å². The summed E-state index contributed by atoms with van der Waals surface area (Å²) in [4.78, 5) is 15.7. The van der Waals surface area contributed by atoms with Crippen molar-refractivity contribution in [1.82, 2.24) is 4.90 Å². The van der Waals surface area contributed by atoms with Crippen molar-refractivity contribution >= 4 is 11.8 Å². The van der Waals surface area contributed by atoms with Gasteiger partial charge in [-0.3, -0.25) is 4.90 Å². The molecule has 2 aromatic carbocycles. The first-order valence-electron chi connectivity index (χ1n) is 8.79. The van der Waals surface area contributed by atoms with Gasteiger partial charge < -0.3 is 15.4 Å². The minimum Gasteiger partial charge on any atom is -0.448 e. The predicted octanol–water partition coefficient (Wildman–Crippen LogP) is 2.55. The molecule has 1 atom stereocenters. The number of carbonyl (C=O) groups is 1. The average Bonchev–Trinajstić information content (AvgIpc) is 2.76. The Morgan fingerprint density at radius 2 is 1.84 bits per heavy atom. The number of carbonyl (C=O) groups excluding carboxylic acids is 1. The molecule has 5 nitrogen and oxygen atoms in total. The van der Waals surface area contributed by atoms with E-state index in [2.05, 4.69) is 58.3 Å². The van der Waals surface area contributed by atoms with E-state index in [-0.39, 0.29) is 0 Å². The molecule has 2 N–H and O–H groups in total. The Balaban J connectivity index is 1.62. The highest BCUT2D eigenvalue weighted by molar-refractivity contribution is 5.64. The maximum Gasteiger partial charge on any atom is 0.404 e. The number of nitrogens with two attached hydrogens (primary N) is 1. The van der Waals surface area contributed by atoms with Crippen LogP contribution in [-0.4, -0.2) is 43.8 Å². The van der Waals surface area contributed by atoms with Crippen molar-refractivity contribution in [2.24, 2.45) is 5.73 Å². The van der Waals surface area contributed by atoms with Gasteiger partial charge in [0.05, 0.1) is 6.04 Å². The number of benzene rings is 2. The summed E-state index contributed by atoms with van der Waals surface area (Å²) in [6, 6.07) is 17.8. The molecule has 1 unspecified atom stereocenters. The number of anilines is 1. The number of ether oxygens (including phenoxy) is 1. The van der Waals surface area contributed by atoms with Crippen LogP contribution < -0.4 is 10.6 Å². The van der Waals surface area contributed by atoms with E-state index in [0.29, 0.717) is 12.6 Å². The molecule has 5 heteroatoms. The Morgan fingerprint density at radius 1 is 1.08 bits per heavy atom. The molecule has 1 amide bonds. The largest absolute Gasteiger partial charge is 0.448 e. The van der Waals surface area contributed by atoms with E-state index >= 15 is 0 Å². The van der Waals surface area contributed by atoms with E-state index in [4.69, 9.17) is 10.5 Å². The number of primary amides is 1. The van der Waals surface area contributed by atoms with Gasteiger partial charge in [-0.1, -0.05) is 42.5 Å². The summed E-state index contributed by atoms with van der Waals surface area (Å²) in [7, 11) is 0. The molecule has 2 aromatic rings. The molecule has 4 rings (SSSR count). The zero-order valence-corrected chi connectivity index (χ0v) is 14.2. The van der Waals surface area contributed by atoms with E-state index in [1.54, 1.807) is 0 Å². The number of nitrogens with zero attached hydrogens (tertiary/aromatic N) is 2. The highest BCUT2D eigenvalue weighted by Gasteiger charge is 2.32. The van der Waals surface area contributed by atoms with Gasteiger partial charge in [0.25, 0.3) is 0 Å². The zero-order valence-electron chi connectivity index (χ0n) is 14.2. The second-order valence-electron chi connectivity index (χ2n) is 6.68. The van der Waals surface area contributed by atoms with Gasteiger partial charge >= 0.3 is 6.09 Å². The summed E-state index contributed by atoms with van der Waals surface area (Å²) in [6.45, 7) is 3.91. The van der Waals surface area contributed by atoms with Crippen LogP contribution in [0.3, 0.4) is 0 Å². The Kier molecular flexibility index (Phi) is 4.32. The number of fused-ring (bicyclic) bond motifs is 5. The van der Waals surface area contributed by atoms with E-state index in [0.717, 1.165) is 32.6 Å². The van der Waals surface area contributed by atoms with Gasteiger partial charge in [0.1, 0.15) is 6.61 Å². The lowest BCUT2D eigenvalue weighted by Gasteiger charge is -2.43. The Labute approximate surface area is 148 Å². The van der Waals surface area contributed by atoms with Gasteiger partial charge in [0.2, 0.25) is 0 Å². The minimum absolute atomic E-state index is 0.321. The van der Waals surface area contributed by atoms with Gasteiger partial charge in [-0.15, -0.1) is 0 Å². The van der Waals surface area contributed by atoms with Crippen molar-refractivity contribution in [3.8, 4) is 0 Å². The molecule has 0 radical (unpaired) electrons. The highest BCUT2D eigenvalue weighted by atomic mass is 16.5. The van der Waals surface area contributed by atoms with E-state index in [9.17, 15) is 4.79 Å². The van der Waals surface area contributed by atoms with Crippen molar-refractivity contribution in [2.45, 2.75) is 12.5 Å². The second kappa shape index (κ2) is 6.76. The molecule has 0 aromatic heterocycles. The standard InChI is InChI=1S/C20H23N3O2/c21-20(24)25-12-11-22-9-10-23-18-8-4-2-6-16(18)13-15-5-1-3-7-17(15)19(23)14-22/h1-8,19H,9-14H2,(H2,21,24). The number of rotatable bonds is 3. The molecule has 1 fully saturated rings. The molecule has 1 saturated heterocycles. The van der Waals surface area contributed by atoms with Crippen molar-refractivity contribution in [3.05, 3.63) is 65.2 Å². The third-order valence-electron chi connectivity index (χ3n) is 5.21. The van der Waals surface area contributed by atoms with Crippen LogP contribution in [0.25, 0.3) is 0 Å². The molecular weight excluding hydrogens is 314 g/mol. The third kappa shape index (κ3) is 3.20. The van der Waals surface area contributed by atoms with Crippen LogP contribution in [0, 0.1) is 0 Å². The molecule has 0 saturated carbocycles. The third-order valence-corrected chi connectivity index (χ3v) is 5.21. The van der Waals surface area contributed by atoms with Crippen LogP contribution in [0.2, 0.25) is 0 Å². The fourth-order valence-corrected chi connectivity index (χ4v) is 4.04. The number of para-hydroxylation sites is 1. The molecule has 2 aliphatic rings. The smallest absolute Gasteiger partial charge is 0.404 e. The summed E-state index contributed by atoms with van der Waals surface area (Å²) in [5, 5.41) is 0. The zero-order chi connectivity index (χ0) is 17.2. The topological polar surface area (TPSA) is 58.8 Å². The maximum absolute atomic E-state index is 10.8. The molecule has 130 valence electrons. The molecule has 2 heterocycles. The second-order valence-corrected chi connectivity index (χ2v) is 6.68. The molecular formula is C20H23N3O2. The van der Waals surface area contributed by atoms with Crippen LogP contribution in [0.1, 0.15) is 22.7 Å². The van der Waals surface area contributed by atoms with Crippen LogP contribution in [0.4, 0.5) is 10.5 Å². The quantitative estimate of drug-likeness (QED) is 0.935. The monoisotopic (exact) mass is 337 g/mol. The summed E-state index contributed by atoms with van der Waals surface area (Å²) in [6.07, 6.45) is 0.275. The fraction of sp³-hybridized carbons (Fsp3) is 0.350. The maximum atomic E-state index is 10.8. The van der Waals surface area contributed by atoms with Crippen LogP contribution >= 0.6 is 0 Å². The van der Waals surface area contributed by atoms with Crippen molar-refractivity contribution in [3.63, 3.8) is 0 Å². The van der Waals surface area contributed by atoms with Crippen molar-refractivity contribution < 1.29 is 9.53 Å². The van der Waals surface area contributed by atoms with Crippen LogP contribution in [0.5, 0.6) is 0 Å². The Morgan fingerprint density at radius 3 is 2.68 bits per heavy atom. The van der Waals surface area contributed by atoms with Gasteiger partial charge in [0.15, 0.2) is 0 Å². The van der Waals surface area contributed by atoms with Crippen LogP contribution in [-0.2, 0) is 11.2 Å². The molecule has 0 bridgehead atoms. The van der Waals surface area contributed by atoms with Crippen LogP contribution in [0.15, 0.2) is 48.5 Å². The predicted molar refractivity (Wildman–Crippen MR) is 97.8 cm³/mol. The van der Waals surface area contributed by atoms with E-state index < -0.39 is 6.09 Å². The number of amides is 1. The van der Waals surface area contributed by atoms with E-state index in [1.165, 1.54) is 22.4 Å². The average molecular weight is 337 g/mol. The first kappa shape index (κ1) is 16.0. The lowest BCUT2D eigenvalue weighted by atomic mass is 9.96. The first-order valence-corrected chi connectivity index (χ1v) is 8.79. The lowest BCUT2D eigenvalue weighted by molar-refractivity contribution is 0.127. The molecule has 2 aliphatic heterocycles. The molecule has 0 spiro atoms. The Hall–Kier alpha value is -2.53. The van der Waals surface area contributed by atoms with E-state index in [1.807, 2.05) is 0 Å². The number of piperazine rings is 1. The lowest BCUT2D eigenvalue weighted by Crippen LogP contribution is -2.49. The number of hydrogen-bond donors (Lipinski definition) is 1. The first-order chi connectivity index (χ1) is 12.2. The van der Waals surface area contributed by atoms with Crippen molar-refractivity contribution in [2.75, 3.05) is 37.7 Å². The normalized spacial score (nSPS) is 19.4. The van der Waals surface area contributed by atoms with Crippen molar-refractivity contribution in [1.29, 1.82) is 0 Å². The van der Waals surface area contributed by atoms with Gasteiger partial charge in [0, 0.05) is 31.9 Å². The SMILES string of the molecule is NC(=O)OCCN1CCN2c3ccccc3Cc3ccccc3C2C1.